The maximum absolute atomic E-state index is 9.68. The third-order valence-corrected chi connectivity index (χ3v) is 2.19. The van der Waals surface area contributed by atoms with E-state index < -0.39 is 12.2 Å². The second kappa shape index (κ2) is 4.33. The van der Waals surface area contributed by atoms with E-state index in [0.29, 0.717) is 11.5 Å². The Hall–Kier alpha value is -1.52. The summed E-state index contributed by atoms with van der Waals surface area (Å²) >= 11 is 0. The summed E-state index contributed by atoms with van der Waals surface area (Å²) in [5, 5.41) is 19.4. The first kappa shape index (κ1) is 10.0. The zero-order chi connectivity index (χ0) is 10.7. The summed E-state index contributed by atoms with van der Waals surface area (Å²) in [6, 6.07) is 6.72. The summed E-state index contributed by atoms with van der Waals surface area (Å²) in [5.74, 6) is 0.890. The minimum atomic E-state index is -0.819. The predicted octanol–water partition coefficient (Wildman–Crippen LogP) is 2.03. The molecule has 15 heavy (non-hydrogen) atoms. The molecule has 0 aromatic carbocycles. The molecule has 2 rings (SSSR count). The normalized spacial score (nSPS) is 15.1. The fourth-order valence-corrected chi connectivity index (χ4v) is 1.41. The third kappa shape index (κ3) is 2.29. The first-order valence-electron chi connectivity index (χ1n) is 4.70. The van der Waals surface area contributed by atoms with Crippen LogP contribution in [-0.2, 0) is 0 Å². The Balaban J connectivity index is 1.98. The Labute approximate surface area is 86.8 Å². The van der Waals surface area contributed by atoms with Crippen molar-refractivity contribution in [2.24, 2.45) is 0 Å². The molecule has 4 nitrogen and oxygen atoms in total. The Morgan fingerprint density at radius 1 is 0.933 bits per heavy atom. The highest BCUT2D eigenvalue weighted by molar-refractivity contribution is 5.06. The van der Waals surface area contributed by atoms with Crippen LogP contribution in [-0.4, -0.2) is 10.2 Å². The second-order valence-electron chi connectivity index (χ2n) is 3.30. The van der Waals surface area contributed by atoms with E-state index >= 15 is 0 Å². The molecular formula is C11H12O4. The van der Waals surface area contributed by atoms with Crippen LogP contribution in [0.3, 0.4) is 0 Å². The van der Waals surface area contributed by atoms with Crippen LogP contribution in [0.25, 0.3) is 0 Å². The van der Waals surface area contributed by atoms with E-state index in [1.54, 1.807) is 24.3 Å². The molecular weight excluding hydrogens is 196 g/mol. The van der Waals surface area contributed by atoms with Gasteiger partial charge >= 0.3 is 0 Å². The molecule has 0 bridgehead atoms. The Kier molecular flexibility index (Phi) is 2.89. The maximum atomic E-state index is 9.68. The molecule has 0 amide bonds. The topological polar surface area (TPSA) is 66.7 Å². The molecule has 0 aliphatic carbocycles. The van der Waals surface area contributed by atoms with Crippen molar-refractivity contribution in [3.63, 3.8) is 0 Å². The molecule has 0 spiro atoms. The van der Waals surface area contributed by atoms with Crippen LogP contribution in [0.4, 0.5) is 0 Å². The highest BCUT2D eigenvalue weighted by Gasteiger charge is 2.18. The van der Waals surface area contributed by atoms with Gasteiger partial charge in [-0.05, 0) is 24.3 Å². The number of hydrogen-bond acceptors (Lipinski definition) is 4. The zero-order valence-electron chi connectivity index (χ0n) is 8.04. The van der Waals surface area contributed by atoms with E-state index in [9.17, 15) is 10.2 Å². The van der Waals surface area contributed by atoms with Crippen LogP contribution in [0.1, 0.15) is 30.1 Å². The average Bonchev–Trinajstić information content (AvgIpc) is 2.91. The van der Waals surface area contributed by atoms with Crippen LogP contribution in [0.2, 0.25) is 0 Å². The van der Waals surface area contributed by atoms with E-state index in [1.807, 2.05) is 0 Å². The van der Waals surface area contributed by atoms with Crippen molar-refractivity contribution in [3.8, 4) is 0 Å². The standard InChI is InChI=1S/C11H12O4/c12-8(10-3-1-5-14-10)7-9(13)11-4-2-6-15-11/h1-6,8-9,12-13H,7H2/t8-,9+. The van der Waals surface area contributed by atoms with E-state index in [4.69, 9.17) is 8.83 Å². The summed E-state index contributed by atoms with van der Waals surface area (Å²) in [5.41, 5.74) is 0. The Bertz CT molecular complexity index is 338. The van der Waals surface area contributed by atoms with Crippen molar-refractivity contribution >= 4 is 0 Å². The second-order valence-corrected chi connectivity index (χ2v) is 3.30. The lowest BCUT2D eigenvalue weighted by Gasteiger charge is -2.11. The van der Waals surface area contributed by atoms with Crippen molar-refractivity contribution in [1.29, 1.82) is 0 Å². The van der Waals surface area contributed by atoms with E-state index in [-0.39, 0.29) is 6.42 Å². The molecule has 0 fully saturated rings. The molecule has 0 saturated heterocycles. The summed E-state index contributed by atoms with van der Waals surface area (Å²) in [7, 11) is 0. The predicted molar refractivity (Wildman–Crippen MR) is 52.0 cm³/mol. The molecule has 0 radical (unpaired) electrons. The maximum Gasteiger partial charge on any atom is 0.132 e. The van der Waals surface area contributed by atoms with Gasteiger partial charge in [0.2, 0.25) is 0 Å². The van der Waals surface area contributed by atoms with Gasteiger partial charge in [0.1, 0.15) is 23.7 Å². The molecule has 2 atom stereocenters. The first-order valence-corrected chi connectivity index (χ1v) is 4.70. The number of hydrogen-bond donors (Lipinski definition) is 2. The SMILES string of the molecule is O[C@H](C[C@H](O)c1ccco1)c1ccco1. The monoisotopic (exact) mass is 208 g/mol. The fraction of sp³-hybridized carbons (Fsp3) is 0.273. The van der Waals surface area contributed by atoms with Gasteiger partial charge in [-0.15, -0.1) is 0 Å². The molecule has 4 heteroatoms. The van der Waals surface area contributed by atoms with Crippen molar-refractivity contribution < 1.29 is 19.0 Å². The molecule has 0 saturated carbocycles. The molecule has 80 valence electrons. The van der Waals surface area contributed by atoms with Gasteiger partial charge < -0.3 is 19.0 Å². The molecule has 2 heterocycles. The molecule has 0 aliphatic heterocycles. The minimum absolute atomic E-state index is 0.154. The van der Waals surface area contributed by atoms with Gasteiger partial charge in [0, 0.05) is 6.42 Å². The van der Waals surface area contributed by atoms with E-state index in [2.05, 4.69) is 0 Å². The molecule has 0 aliphatic rings. The molecule has 2 aromatic rings. The summed E-state index contributed by atoms with van der Waals surface area (Å²) in [6.45, 7) is 0. The zero-order valence-corrected chi connectivity index (χ0v) is 8.04. The van der Waals surface area contributed by atoms with Gasteiger partial charge in [0.05, 0.1) is 12.5 Å². The number of aliphatic hydroxyl groups is 2. The van der Waals surface area contributed by atoms with E-state index in [1.165, 1.54) is 12.5 Å². The smallest absolute Gasteiger partial charge is 0.132 e. The molecule has 0 unspecified atom stereocenters. The summed E-state index contributed by atoms with van der Waals surface area (Å²) < 4.78 is 10.0. The summed E-state index contributed by atoms with van der Waals surface area (Å²) in [4.78, 5) is 0. The lowest BCUT2D eigenvalue weighted by Crippen LogP contribution is -2.04. The average molecular weight is 208 g/mol. The third-order valence-electron chi connectivity index (χ3n) is 2.19. The van der Waals surface area contributed by atoms with Crippen LogP contribution < -0.4 is 0 Å². The van der Waals surface area contributed by atoms with Crippen LogP contribution in [0.5, 0.6) is 0 Å². The van der Waals surface area contributed by atoms with Crippen molar-refractivity contribution in [1.82, 2.24) is 0 Å². The minimum Gasteiger partial charge on any atom is -0.467 e. The van der Waals surface area contributed by atoms with Crippen LogP contribution in [0.15, 0.2) is 45.6 Å². The van der Waals surface area contributed by atoms with Gasteiger partial charge in [-0.2, -0.15) is 0 Å². The highest BCUT2D eigenvalue weighted by atomic mass is 16.4. The first-order chi connectivity index (χ1) is 7.27. The van der Waals surface area contributed by atoms with Gasteiger partial charge in [-0.1, -0.05) is 0 Å². The van der Waals surface area contributed by atoms with Crippen LogP contribution >= 0.6 is 0 Å². The van der Waals surface area contributed by atoms with Gasteiger partial charge in [-0.25, -0.2) is 0 Å². The Morgan fingerprint density at radius 3 is 1.73 bits per heavy atom. The Morgan fingerprint density at radius 2 is 1.40 bits per heavy atom. The largest absolute Gasteiger partial charge is 0.467 e. The lowest BCUT2D eigenvalue weighted by molar-refractivity contribution is 0.0558. The van der Waals surface area contributed by atoms with Crippen molar-refractivity contribution in [2.45, 2.75) is 18.6 Å². The van der Waals surface area contributed by atoms with Crippen molar-refractivity contribution in [2.75, 3.05) is 0 Å². The number of furan rings is 2. The fourth-order valence-electron chi connectivity index (χ4n) is 1.41. The number of rotatable bonds is 4. The van der Waals surface area contributed by atoms with E-state index in [0.717, 1.165) is 0 Å². The lowest BCUT2D eigenvalue weighted by atomic mass is 10.1. The van der Waals surface area contributed by atoms with Crippen LogP contribution in [0, 0.1) is 0 Å². The van der Waals surface area contributed by atoms with Crippen molar-refractivity contribution in [3.05, 3.63) is 48.3 Å². The molecule has 2 N–H and O–H groups in total. The number of aliphatic hydroxyl groups excluding tert-OH is 2. The van der Waals surface area contributed by atoms with Gasteiger partial charge in [0.15, 0.2) is 0 Å². The highest BCUT2D eigenvalue weighted by Crippen LogP contribution is 2.26. The quantitative estimate of drug-likeness (QED) is 0.806. The van der Waals surface area contributed by atoms with Gasteiger partial charge in [-0.3, -0.25) is 0 Å². The summed E-state index contributed by atoms with van der Waals surface area (Å²) in [6.07, 6.45) is 1.48. The molecule has 2 aromatic heterocycles. The van der Waals surface area contributed by atoms with Gasteiger partial charge in [0.25, 0.3) is 0 Å².